The Morgan fingerprint density at radius 3 is 2.70 bits per heavy atom. The van der Waals surface area contributed by atoms with Crippen LogP contribution in [-0.2, 0) is 0 Å². The molecule has 1 aromatic heterocycles. The minimum Gasteiger partial charge on any atom is -0.350 e. The lowest BCUT2D eigenvalue weighted by Gasteiger charge is -2.11. The number of aromatic nitrogens is 2. The molecule has 1 atom stereocenters. The van der Waals surface area contributed by atoms with Gasteiger partial charge in [-0.25, -0.2) is 4.68 Å². The van der Waals surface area contributed by atoms with Crippen molar-refractivity contribution in [2.45, 2.75) is 25.8 Å². The predicted molar refractivity (Wildman–Crippen MR) is 93.6 cm³/mol. The fourth-order valence-corrected chi connectivity index (χ4v) is 2.60. The Kier molecular flexibility index (Phi) is 5.68. The van der Waals surface area contributed by atoms with E-state index < -0.39 is 0 Å². The first kappa shape index (κ1) is 17.8. The molecule has 1 amide bonds. The zero-order chi connectivity index (χ0) is 15.7. The van der Waals surface area contributed by atoms with E-state index in [1.165, 1.54) is 12.8 Å². The third-order valence-electron chi connectivity index (χ3n) is 4.05. The quantitative estimate of drug-likeness (QED) is 0.866. The summed E-state index contributed by atoms with van der Waals surface area (Å²) < 4.78 is 1.73. The van der Waals surface area contributed by atoms with Crippen LogP contribution in [0.3, 0.4) is 0 Å². The summed E-state index contributed by atoms with van der Waals surface area (Å²) in [4.78, 5) is 12.3. The third-order valence-corrected chi connectivity index (χ3v) is 4.30. The van der Waals surface area contributed by atoms with Crippen molar-refractivity contribution >= 4 is 29.9 Å². The normalized spacial score (nSPS) is 14.9. The van der Waals surface area contributed by atoms with Crippen molar-refractivity contribution in [3.63, 3.8) is 0 Å². The third kappa shape index (κ3) is 4.05. The molecule has 1 heterocycles. The molecule has 0 radical (unpaired) electrons. The number of halogens is 2. The number of nitrogens with one attached hydrogen (secondary N) is 1. The van der Waals surface area contributed by atoms with Crippen LogP contribution in [0.25, 0.3) is 5.69 Å². The van der Waals surface area contributed by atoms with Crippen molar-refractivity contribution < 1.29 is 4.79 Å². The summed E-state index contributed by atoms with van der Waals surface area (Å²) in [7, 11) is 0. The second kappa shape index (κ2) is 7.34. The van der Waals surface area contributed by atoms with Crippen molar-refractivity contribution in [1.29, 1.82) is 0 Å². The van der Waals surface area contributed by atoms with Gasteiger partial charge in [-0.1, -0.05) is 11.6 Å². The molecule has 1 aliphatic carbocycles. The number of hydrogen-bond donors (Lipinski definition) is 2. The average molecular weight is 355 g/mol. The van der Waals surface area contributed by atoms with Gasteiger partial charge in [-0.15, -0.1) is 12.4 Å². The number of hydrogen-bond acceptors (Lipinski definition) is 3. The number of carbonyl (C=O) groups is 1. The molecular weight excluding hydrogens is 335 g/mol. The van der Waals surface area contributed by atoms with Crippen molar-refractivity contribution in [2.24, 2.45) is 11.7 Å². The monoisotopic (exact) mass is 354 g/mol. The summed E-state index contributed by atoms with van der Waals surface area (Å²) in [5, 5.41) is 7.86. The number of benzene rings is 1. The van der Waals surface area contributed by atoms with Gasteiger partial charge in [-0.3, -0.25) is 4.79 Å². The molecule has 1 saturated carbocycles. The highest BCUT2D eigenvalue weighted by Gasteiger charge is 2.28. The number of nitrogens with two attached hydrogens (primary N) is 1. The van der Waals surface area contributed by atoms with Gasteiger partial charge in [0.25, 0.3) is 5.91 Å². The van der Waals surface area contributed by atoms with E-state index >= 15 is 0 Å². The maximum absolute atomic E-state index is 12.3. The highest BCUT2D eigenvalue weighted by atomic mass is 35.5. The van der Waals surface area contributed by atoms with Gasteiger partial charge in [0.2, 0.25) is 0 Å². The van der Waals surface area contributed by atoms with Gasteiger partial charge >= 0.3 is 0 Å². The zero-order valence-corrected chi connectivity index (χ0v) is 14.4. The number of nitrogens with zero attached hydrogens (tertiary/aromatic N) is 2. The van der Waals surface area contributed by atoms with Crippen LogP contribution in [-0.4, -0.2) is 28.3 Å². The topological polar surface area (TPSA) is 72.9 Å². The lowest BCUT2D eigenvalue weighted by Crippen LogP contribution is -2.38. The molecule has 3 N–H and O–H groups in total. The molecule has 0 saturated heterocycles. The van der Waals surface area contributed by atoms with Gasteiger partial charge in [0.05, 0.1) is 23.1 Å². The van der Waals surface area contributed by atoms with Crippen LogP contribution in [0.5, 0.6) is 0 Å². The molecule has 0 aliphatic heterocycles. The van der Waals surface area contributed by atoms with Crippen LogP contribution in [0.4, 0.5) is 0 Å². The predicted octanol–water partition coefficient (Wildman–Crippen LogP) is 2.72. The van der Waals surface area contributed by atoms with Crippen LogP contribution >= 0.6 is 24.0 Å². The molecule has 124 valence electrons. The summed E-state index contributed by atoms with van der Waals surface area (Å²) in [5.74, 6) is 0.437. The first-order valence-corrected chi connectivity index (χ1v) is 7.78. The van der Waals surface area contributed by atoms with Crippen molar-refractivity contribution in [3.8, 4) is 5.69 Å². The summed E-state index contributed by atoms with van der Waals surface area (Å²) >= 11 is 5.89. The smallest absolute Gasteiger partial charge is 0.254 e. The Morgan fingerprint density at radius 2 is 2.09 bits per heavy atom. The zero-order valence-electron chi connectivity index (χ0n) is 12.8. The molecule has 1 fully saturated rings. The molecule has 1 unspecified atom stereocenters. The van der Waals surface area contributed by atoms with Crippen LogP contribution in [0, 0.1) is 12.8 Å². The van der Waals surface area contributed by atoms with E-state index in [1.54, 1.807) is 23.0 Å². The number of carbonyl (C=O) groups excluding carboxylic acids is 1. The minimum absolute atomic E-state index is 0. The second-order valence-corrected chi connectivity index (χ2v) is 6.18. The van der Waals surface area contributed by atoms with Gasteiger partial charge in [0.1, 0.15) is 0 Å². The van der Waals surface area contributed by atoms with Gasteiger partial charge in [-0.05, 0) is 49.9 Å². The summed E-state index contributed by atoms with van der Waals surface area (Å²) in [6, 6.07) is 7.38. The van der Waals surface area contributed by atoms with Crippen molar-refractivity contribution in [3.05, 3.63) is 46.7 Å². The van der Waals surface area contributed by atoms with E-state index in [0.29, 0.717) is 23.0 Å². The Morgan fingerprint density at radius 1 is 1.43 bits per heavy atom. The van der Waals surface area contributed by atoms with Gasteiger partial charge < -0.3 is 11.1 Å². The minimum atomic E-state index is -0.131. The summed E-state index contributed by atoms with van der Waals surface area (Å²) in [5.41, 5.74) is 8.24. The molecule has 2 aromatic rings. The average Bonchev–Trinajstić information content (AvgIpc) is 3.29. The van der Waals surface area contributed by atoms with E-state index in [9.17, 15) is 4.79 Å². The first-order valence-electron chi connectivity index (χ1n) is 7.40. The Hall–Kier alpha value is -1.56. The second-order valence-electron chi connectivity index (χ2n) is 5.74. The van der Waals surface area contributed by atoms with E-state index in [4.69, 9.17) is 17.3 Å². The Labute approximate surface area is 146 Å². The van der Waals surface area contributed by atoms with Crippen molar-refractivity contribution in [2.75, 3.05) is 6.54 Å². The molecule has 5 nitrogen and oxygen atoms in total. The number of rotatable bonds is 5. The van der Waals surface area contributed by atoms with E-state index in [1.807, 2.05) is 19.1 Å². The van der Waals surface area contributed by atoms with E-state index in [-0.39, 0.29) is 24.4 Å². The molecule has 0 spiro atoms. The van der Waals surface area contributed by atoms with Gasteiger partial charge in [0.15, 0.2) is 0 Å². The summed E-state index contributed by atoms with van der Waals surface area (Å²) in [6.45, 7) is 2.38. The van der Waals surface area contributed by atoms with E-state index in [0.717, 1.165) is 11.4 Å². The fraction of sp³-hybridized carbons (Fsp3) is 0.375. The highest BCUT2D eigenvalue weighted by molar-refractivity contribution is 6.30. The molecule has 1 aromatic carbocycles. The highest BCUT2D eigenvalue weighted by Crippen LogP contribution is 2.31. The summed E-state index contributed by atoms with van der Waals surface area (Å²) in [6.07, 6.45) is 3.93. The lowest BCUT2D eigenvalue weighted by atomic mass is 10.2. The first-order chi connectivity index (χ1) is 10.6. The Bertz CT molecular complexity index is 680. The van der Waals surface area contributed by atoms with E-state index in [2.05, 4.69) is 10.4 Å². The maximum atomic E-state index is 12.3. The molecular formula is C16H20Cl2N4O. The fourth-order valence-electron chi connectivity index (χ4n) is 2.47. The molecule has 3 rings (SSSR count). The SMILES string of the molecule is Cc1c(C(=O)NCC(N)C2CC2)cnn1-c1ccc(Cl)cc1.Cl. The van der Waals surface area contributed by atoms with Gasteiger partial charge in [0, 0.05) is 17.6 Å². The standard InChI is InChI=1S/C16H19ClN4O.ClH/c1-10-14(16(22)19-9-15(18)11-2-3-11)8-20-21(10)13-6-4-12(17)5-7-13;/h4-8,11,15H,2-3,9,18H2,1H3,(H,19,22);1H. The molecule has 23 heavy (non-hydrogen) atoms. The van der Waals surface area contributed by atoms with Gasteiger partial charge in [-0.2, -0.15) is 5.10 Å². The lowest BCUT2D eigenvalue weighted by molar-refractivity contribution is 0.0949. The molecule has 1 aliphatic rings. The van der Waals surface area contributed by atoms with Crippen molar-refractivity contribution in [1.82, 2.24) is 15.1 Å². The largest absolute Gasteiger partial charge is 0.350 e. The van der Waals surface area contributed by atoms with Crippen LogP contribution in [0.1, 0.15) is 28.9 Å². The van der Waals surface area contributed by atoms with Crippen LogP contribution in [0.15, 0.2) is 30.5 Å². The van der Waals surface area contributed by atoms with Crippen LogP contribution < -0.4 is 11.1 Å². The Balaban J connectivity index is 0.00000192. The number of amides is 1. The molecule has 7 heteroatoms. The maximum Gasteiger partial charge on any atom is 0.254 e. The molecule has 0 bridgehead atoms. The van der Waals surface area contributed by atoms with Crippen LogP contribution in [0.2, 0.25) is 5.02 Å².